The van der Waals surface area contributed by atoms with Crippen LogP contribution in [0.1, 0.15) is 10.4 Å². The highest BCUT2D eigenvalue weighted by Crippen LogP contribution is 2.20. The molecule has 0 fully saturated rings. The fourth-order valence-corrected chi connectivity index (χ4v) is 1.40. The van der Waals surface area contributed by atoms with Gasteiger partial charge in [-0.1, -0.05) is 0 Å². The van der Waals surface area contributed by atoms with Crippen LogP contribution in [0.4, 0.5) is 5.69 Å². The maximum Gasteiger partial charge on any atom is 0.257 e. The first-order valence-electron chi connectivity index (χ1n) is 5.10. The summed E-state index contributed by atoms with van der Waals surface area (Å²) in [6.45, 7) is -0.310. The van der Waals surface area contributed by atoms with Crippen molar-refractivity contribution in [2.45, 2.75) is 0 Å². The van der Waals surface area contributed by atoms with Crippen molar-refractivity contribution in [1.29, 1.82) is 10.5 Å². The van der Waals surface area contributed by atoms with Gasteiger partial charge in [0.15, 0.2) is 0 Å². The van der Waals surface area contributed by atoms with Crippen LogP contribution < -0.4 is 10.5 Å². The van der Waals surface area contributed by atoms with E-state index in [1.165, 1.54) is 19.2 Å². The number of hydrogen-bond acceptors (Lipinski definition) is 5. The number of nitriles is 2. The van der Waals surface area contributed by atoms with E-state index in [1.807, 2.05) is 12.1 Å². The van der Waals surface area contributed by atoms with Gasteiger partial charge in [0.25, 0.3) is 5.91 Å². The molecule has 0 aromatic heterocycles. The van der Waals surface area contributed by atoms with Crippen LogP contribution in [0.2, 0.25) is 0 Å². The summed E-state index contributed by atoms with van der Waals surface area (Å²) in [6, 6.07) is 8.30. The topological polar surface area (TPSA) is 103 Å². The zero-order valence-corrected chi connectivity index (χ0v) is 9.88. The first-order chi connectivity index (χ1) is 8.63. The third-order valence-electron chi connectivity index (χ3n) is 2.30. The van der Waals surface area contributed by atoms with E-state index in [1.54, 1.807) is 6.07 Å². The molecule has 0 aliphatic heterocycles. The monoisotopic (exact) mass is 244 g/mol. The molecule has 92 valence electrons. The molecule has 0 aliphatic rings. The number of hydrogen-bond donors (Lipinski definition) is 1. The minimum Gasteiger partial charge on any atom is -0.497 e. The minimum absolute atomic E-state index is 0.155. The van der Waals surface area contributed by atoms with E-state index in [-0.39, 0.29) is 24.3 Å². The molecule has 18 heavy (non-hydrogen) atoms. The van der Waals surface area contributed by atoms with Crippen LogP contribution >= 0.6 is 0 Å². The summed E-state index contributed by atoms with van der Waals surface area (Å²) in [4.78, 5) is 13.2. The lowest BCUT2D eigenvalue weighted by molar-refractivity contribution is 0.0795. The summed E-state index contributed by atoms with van der Waals surface area (Å²) in [6.07, 6.45) is 0. The lowest BCUT2D eigenvalue weighted by Gasteiger charge is -2.17. The van der Waals surface area contributed by atoms with Gasteiger partial charge in [0, 0.05) is 11.8 Å². The van der Waals surface area contributed by atoms with E-state index in [2.05, 4.69) is 0 Å². The Morgan fingerprint density at radius 2 is 2.00 bits per heavy atom. The Balaban J connectivity index is 3.02. The Kier molecular flexibility index (Phi) is 4.53. The van der Waals surface area contributed by atoms with E-state index in [9.17, 15) is 4.79 Å². The molecule has 6 nitrogen and oxygen atoms in total. The van der Waals surface area contributed by atoms with Crippen LogP contribution in [0.3, 0.4) is 0 Å². The van der Waals surface area contributed by atoms with Gasteiger partial charge in [-0.05, 0) is 12.1 Å². The van der Waals surface area contributed by atoms with Crippen molar-refractivity contribution in [3.05, 3.63) is 23.8 Å². The maximum absolute atomic E-state index is 12.0. The summed E-state index contributed by atoms with van der Waals surface area (Å²) in [7, 11) is 1.49. The second-order valence-electron chi connectivity index (χ2n) is 3.43. The molecule has 1 rings (SSSR count). The van der Waals surface area contributed by atoms with Crippen molar-refractivity contribution in [3.63, 3.8) is 0 Å². The predicted octanol–water partition coefficient (Wildman–Crippen LogP) is 0.767. The number of methoxy groups -OCH3 is 1. The minimum atomic E-state index is -0.446. The highest BCUT2D eigenvalue weighted by Gasteiger charge is 2.17. The molecule has 2 N–H and O–H groups in total. The van der Waals surface area contributed by atoms with Gasteiger partial charge in [0.2, 0.25) is 0 Å². The smallest absolute Gasteiger partial charge is 0.257 e. The average molecular weight is 244 g/mol. The van der Waals surface area contributed by atoms with Crippen molar-refractivity contribution in [1.82, 2.24) is 4.90 Å². The van der Waals surface area contributed by atoms with E-state index >= 15 is 0 Å². The van der Waals surface area contributed by atoms with Crippen LogP contribution in [-0.4, -0.2) is 31.0 Å². The zero-order valence-electron chi connectivity index (χ0n) is 9.88. The Labute approximate surface area is 105 Å². The second-order valence-corrected chi connectivity index (χ2v) is 3.43. The van der Waals surface area contributed by atoms with Crippen molar-refractivity contribution >= 4 is 11.6 Å². The summed E-state index contributed by atoms with van der Waals surface area (Å²) in [5.74, 6) is 0.0921. The molecule has 0 saturated heterocycles. The quantitative estimate of drug-likeness (QED) is 0.622. The number of nitrogen functional groups attached to an aromatic ring is 1. The molecule has 0 atom stereocenters. The number of carbonyl (C=O) groups is 1. The molecule has 0 bridgehead atoms. The normalized spacial score (nSPS) is 9.06. The zero-order chi connectivity index (χ0) is 13.5. The number of rotatable bonds is 4. The maximum atomic E-state index is 12.0. The molecular formula is C12H12N4O2. The van der Waals surface area contributed by atoms with Crippen molar-refractivity contribution in [2.24, 2.45) is 0 Å². The van der Waals surface area contributed by atoms with Crippen LogP contribution in [-0.2, 0) is 0 Å². The van der Waals surface area contributed by atoms with Gasteiger partial charge in [-0.25, -0.2) is 0 Å². The Morgan fingerprint density at radius 3 is 2.44 bits per heavy atom. The third kappa shape index (κ3) is 2.89. The summed E-state index contributed by atoms with van der Waals surface area (Å²) in [5.41, 5.74) is 6.24. The van der Waals surface area contributed by atoms with Crippen molar-refractivity contribution in [2.75, 3.05) is 25.9 Å². The molecular weight excluding hydrogens is 232 g/mol. The van der Waals surface area contributed by atoms with Gasteiger partial charge >= 0.3 is 0 Å². The predicted molar refractivity (Wildman–Crippen MR) is 64.5 cm³/mol. The van der Waals surface area contributed by atoms with E-state index in [4.69, 9.17) is 21.0 Å². The lowest BCUT2D eigenvalue weighted by Crippen LogP contribution is -2.32. The van der Waals surface area contributed by atoms with Gasteiger partial charge in [0.05, 0.1) is 24.8 Å². The molecule has 0 aliphatic carbocycles. The molecule has 0 radical (unpaired) electrons. The van der Waals surface area contributed by atoms with Crippen LogP contribution in [0.25, 0.3) is 0 Å². The number of ether oxygens (including phenoxy) is 1. The largest absolute Gasteiger partial charge is 0.497 e. The first-order valence-corrected chi connectivity index (χ1v) is 5.10. The highest BCUT2D eigenvalue weighted by atomic mass is 16.5. The fourth-order valence-electron chi connectivity index (χ4n) is 1.40. The van der Waals surface area contributed by atoms with Gasteiger partial charge in [0.1, 0.15) is 18.8 Å². The molecule has 1 amide bonds. The van der Waals surface area contributed by atoms with Crippen molar-refractivity contribution in [3.8, 4) is 17.9 Å². The third-order valence-corrected chi connectivity index (χ3v) is 2.30. The molecule has 6 heteroatoms. The van der Waals surface area contributed by atoms with Gasteiger partial charge in [-0.2, -0.15) is 10.5 Å². The van der Waals surface area contributed by atoms with Gasteiger partial charge in [-0.3, -0.25) is 4.79 Å². The Hall–Kier alpha value is -2.73. The summed E-state index contributed by atoms with van der Waals surface area (Å²) < 4.78 is 4.98. The molecule has 0 heterocycles. The number of amides is 1. The number of anilines is 1. The molecule has 0 spiro atoms. The fraction of sp³-hybridized carbons (Fsp3) is 0.250. The highest BCUT2D eigenvalue weighted by molar-refractivity contribution is 5.99. The Bertz CT molecular complexity index is 512. The van der Waals surface area contributed by atoms with Crippen LogP contribution in [0, 0.1) is 22.7 Å². The molecule has 0 saturated carbocycles. The molecule has 1 aromatic rings. The standard InChI is InChI=1S/C12H12N4O2/c1-18-9-2-3-10(11(15)8-9)12(17)16(6-4-13)7-5-14/h2-3,8H,6-7,15H2,1H3. The second kappa shape index (κ2) is 6.12. The summed E-state index contributed by atoms with van der Waals surface area (Å²) >= 11 is 0. The van der Waals surface area contributed by atoms with E-state index in [0.717, 1.165) is 4.90 Å². The van der Waals surface area contributed by atoms with Crippen molar-refractivity contribution < 1.29 is 9.53 Å². The average Bonchev–Trinajstić information content (AvgIpc) is 2.37. The first kappa shape index (κ1) is 13.3. The van der Waals surface area contributed by atoms with Crippen LogP contribution in [0.5, 0.6) is 5.75 Å². The summed E-state index contributed by atoms with van der Waals surface area (Å²) in [5, 5.41) is 17.2. The Morgan fingerprint density at radius 1 is 1.39 bits per heavy atom. The van der Waals surface area contributed by atoms with Crippen LogP contribution in [0.15, 0.2) is 18.2 Å². The van der Waals surface area contributed by atoms with Gasteiger partial charge < -0.3 is 15.4 Å². The lowest BCUT2D eigenvalue weighted by atomic mass is 10.1. The number of nitrogens with two attached hydrogens (primary N) is 1. The van der Waals surface area contributed by atoms with E-state index < -0.39 is 5.91 Å². The molecule has 1 aromatic carbocycles. The SMILES string of the molecule is COc1ccc(C(=O)N(CC#N)CC#N)c(N)c1. The van der Waals surface area contributed by atoms with E-state index in [0.29, 0.717) is 5.75 Å². The van der Waals surface area contributed by atoms with Gasteiger partial charge in [-0.15, -0.1) is 0 Å². The number of carbonyl (C=O) groups excluding carboxylic acids is 1. The molecule has 0 unspecified atom stereocenters. The number of nitrogens with zero attached hydrogens (tertiary/aromatic N) is 3. The number of benzene rings is 1.